The van der Waals surface area contributed by atoms with Gasteiger partial charge in [0.25, 0.3) is 0 Å². The second-order valence-electron chi connectivity index (χ2n) is 12.3. The molecule has 0 aromatic rings. The predicted octanol–water partition coefficient (Wildman–Crippen LogP) is 2.44. The van der Waals surface area contributed by atoms with E-state index >= 15 is 0 Å². The van der Waals surface area contributed by atoms with Crippen LogP contribution < -0.4 is 0 Å². The summed E-state index contributed by atoms with van der Waals surface area (Å²) in [5, 5.41) is 24.0. The van der Waals surface area contributed by atoms with Crippen molar-refractivity contribution in [2.45, 2.75) is 102 Å². The highest BCUT2D eigenvalue weighted by molar-refractivity contribution is 5.92. The topological polar surface area (TPSA) is 123 Å². The summed E-state index contributed by atoms with van der Waals surface area (Å²) in [4.78, 5) is 40.5. The van der Waals surface area contributed by atoms with Crippen LogP contribution in [0.4, 0.5) is 0 Å². The highest BCUT2D eigenvalue weighted by Crippen LogP contribution is 2.67. The molecule has 2 saturated carbocycles. The first-order valence-corrected chi connectivity index (χ1v) is 12.7. The van der Waals surface area contributed by atoms with Crippen LogP contribution in [0.1, 0.15) is 67.2 Å². The van der Waals surface area contributed by atoms with E-state index in [0.29, 0.717) is 6.54 Å². The van der Waals surface area contributed by atoms with Crippen molar-refractivity contribution < 1.29 is 38.8 Å². The third-order valence-electron chi connectivity index (χ3n) is 9.28. The summed E-state index contributed by atoms with van der Waals surface area (Å²) in [5.41, 5.74) is -7.04. The minimum Gasteiger partial charge on any atom is -0.462 e. The molecule has 3 rings (SSSR count). The van der Waals surface area contributed by atoms with Crippen LogP contribution in [0, 0.1) is 16.7 Å². The van der Waals surface area contributed by atoms with Gasteiger partial charge in [-0.1, -0.05) is 26.8 Å². The number of ether oxygens (including phenoxy) is 3. The second kappa shape index (κ2) is 10.2. The van der Waals surface area contributed by atoms with E-state index in [0.717, 1.165) is 0 Å². The molecular formula is C27H44ClNO8. The molecule has 8 atom stereocenters. The largest absolute Gasteiger partial charge is 0.462 e. The summed E-state index contributed by atoms with van der Waals surface area (Å²) < 4.78 is 18.0. The second-order valence-corrected chi connectivity index (χ2v) is 12.3. The van der Waals surface area contributed by atoms with E-state index in [2.05, 4.69) is 6.58 Å². The summed E-state index contributed by atoms with van der Waals surface area (Å²) in [6.45, 7) is 14.4. The van der Waals surface area contributed by atoms with Gasteiger partial charge in [0.15, 0.2) is 11.4 Å². The van der Waals surface area contributed by atoms with Crippen molar-refractivity contribution in [1.29, 1.82) is 0 Å². The molecule has 37 heavy (non-hydrogen) atoms. The number of aliphatic hydroxyl groups is 2. The van der Waals surface area contributed by atoms with Crippen molar-refractivity contribution in [3.63, 3.8) is 0 Å². The number of halogens is 1. The Labute approximate surface area is 226 Å². The maximum Gasteiger partial charge on any atom is 0.307 e. The number of Topliss-reactive ketones (excluding diaryl/α,β-unsaturated/α-hetero) is 1. The molecule has 1 heterocycles. The van der Waals surface area contributed by atoms with Gasteiger partial charge in [0.2, 0.25) is 0 Å². The number of fused-ring (bicyclic) bond motifs is 3. The third kappa shape index (κ3) is 4.75. The number of hydrogen-bond donors (Lipinski definition) is 2. The molecule has 0 aromatic carbocycles. The first kappa shape index (κ1) is 31.7. The van der Waals surface area contributed by atoms with Gasteiger partial charge in [0.05, 0.1) is 18.1 Å². The molecule has 1 saturated heterocycles. The van der Waals surface area contributed by atoms with Crippen LogP contribution in [0.5, 0.6) is 0 Å². The van der Waals surface area contributed by atoms with Crippen LogP contribution in [-0.4, -0.2) is 88.6 Å². The van der Waals surface area contributed by atoms with E-state index in [1.54, 1.807) is 20.8 Å². The van der Waals surface area contributed by atoms with Crippen LogP contribution >= 0.6 is 12.4 Å². The molecule has 0 amide bonds. The SMILES string of the molecule is C=C[C@@]1(C)CC(=O)[C@]2(O)[C@@]3(C)C(O)CC(OC(=O)CCN(C)C)C(C)(C)[C@@H]3C[C@H](OC(C)=O)[C@@]2(C)O1.Cl. The molecule has 9 nitrogen and oxygen atoms in total. The number of esters is 2. The fourth-order valence-corrected chi connectivity index (χ4v) is 7.12. The van der Waals surface area contributed by atoms with Crippen molar-refractivity contribution in [2.24, 2.45) is 16.7 Å². The number of rotatable bonds is 6. The summed E-state index contributed by atoms with van der Waals surface area (Å²) in [6, 6.07) is 0. The van der Waals surface area contributed by atoms with Crippen molar-refractivity contribution in [3.05, 3.63) is 12.7 Å². The highest BCUT2D eigenvalue weighted by atomic mass is 35.5. The Morgan fingerprint density at radius 2 is 1.73 bits per heavy atom. The maximum absolute atomic E-state index is 13.9. The minimum absolute atomic E-state index is 0. The average Bonchev–Trinajstić information content (AvgIpc) is 2.75. The van der Waals surface area contributed by atoms with Crippen molar-refractivity contribution in [3.8, 4) is 0 Å². The number of carbonyl (C=O) groups excluding carboxylic acids is 3. The third-order valence-corrected chi connectivity index (χ3v) is 9.28. The molecular weight excluding hydrogens is 502 g/mol. The first-order valence-electron chi connectivity index (χ1n) is 12.7. The molecule has 0 aromatic heterocycles. The van der Waals surface area contributed by atoms with Crippen molar-refractivity contribution in [2.75, 3.05) is 20.6 Å². The normalized spacial score (nSPS) is 42.6. The summed E-state index contributed by atoms with van der Waals surface area (Å²) in [7, 11) is 3.73. The predicted molar refractivity (Wildman–Crippen MR) is 139 cm³/mol. The van der Waals surface area contributed by atoms with Crippen molar-refractivity contribution >= 4 is 30.1 Å². The zero-order valence-corrected chi connectivity index (χ0v) is 24.1. The molecule has 2 N–H and O–H groups in total. The molecule has 0 radical (unpaired) electrons. The van der Waals surface area contributed by atoms with E-state index in [9.17, 15) is 24.6 Å². The standard InChI is InChI=1S/C27H43NO8.ClH/c1-10-24(5)15-19(31)27(33)25(6)17(13-21(34-16(2)29)26(27,7)36-24)23(3,4)20(14-18(25)30)35-22(32)11-12-28(8)9;/h10,17-18,20-21,30,33H,1,11-15H2,2-9H3;1H/t17-,18?,20?,21-,24-,25+,26+,27-;/m0./s1. The molecule has 10 heteroatoms. The lowest BCUT2D eigenvalue weighted by Gasteiger charge is -2.70. The number of nitrogens with zero attached hydrogens (tertiary/aromatic N) is 1. The fraction of sp³-hybridized carbons (Fsp3) is 0.815. The van der Waals surface area contributed by atoms with E-state index in [-0.39, 0.29) is 44.1 Å². The lowest BCUT2D eigenvalue weighted by molar-refractivity contribution is -0.356. The smallest absolute Gasteiger partial charge is 0.307 e. The van der Waals surface area contributed by atoms with Gasteiger partial charge in [0.1, 0.15) is 17.8 Å². The van der Waals surface area contributed by atoms with Gasteiger partial charge in [-0.05, 0) is 40.3 Å². The van der Waals surface area contributed by atoms with E-state index in [1.165, 1.54) is 13.0 Å². The number of carbonyl (C=O) groups is 3. The molecule has 0 spiro atoms. The Morgan fingerprint density at radius 1 is 1.14 bits per heavy atom. The Kier molecular flexibility index (Phi) is 8.76. The zero-order valence-electron chi connectivity index (χ0n) is 23.3. The van der Waals surface area contributed by atoms with Crippen LogP contribution in [-0.2, 0) is 28.6 Å². The minimum atomic E-state index is -2.18. The molecule has 1 aliphatic heterocycles. The Balaban J connectivity index is 0.00000481. The lowest BCUT2D eigenvalue weighted by atomic mass is 9.40. The number of ketones is 1. The Bertz CT molecular complexity index is 939. The lowest BCUT2D eigenvalue weighted by Crippen LogP contribution is -2.84. The monoisotopic (exact) mass is 545 g/mol. The molecule has 3 aliphatic rings. The zero-order chi connectivity index (χ0) is 27.5. The Hall–Kier alpha value is -1.52. The summed E-state index contributed by atoms with van der Waals surface area (Å²) >= 11 is 0. The quantitative estimate of drug-likeness (QED) is 0.382. The molecule has 2 aliphatic carbocycles. The summed E-state index contributed by atoms with van der Waals surface area (Å²) in [6.07, 6.45) is -1.03. The number of aliphatic hydroxyl groups excluding tert-OH is 1. The fourth-order valence-electron chi connectivity index (χ4n) is 7.12. The molecule has 212 valence electrons. The van der Waals surface area contributed by atoms with Gasteiger partial charge in [-0.3, -0.25) is 14.4 Å². The van der Waals surface area contributed by atoms with E-state index in [1.807, 2.05) is 32.8 Å². The summed E-state index contributed by atoms with van der Waals surface area (Å²) in [5.74, 6) is -2.01. The maximum atomic E-state index is 13.9. The van der Waals surface area contributed by atoms with Crippen LogP contribution in [0.25, 0.3) is 0 Å². The van der Waals surface area contributed by atoms with Gasteiger partial charge >= 0.3 is 11.9 Å². The molecule has 0 bridgehead atoms. The van der Waals surface area contributed by atoms with Crippen molar-refractivity contribution in [1.82, 2.24) is 4.90 Å². The molecule has 3 fully saturated rings. The Morgan fingerprint density at radius 3 is 2.24 bits per heavy atom. The van der Waals surface area contributed by atoms with Gasteiger partial charge in [-0.15, -0.1) is 19.0 Å². The van der Waals surface area contributed by atoms with Gasteiger partial charge < -0.3 is 29.3 Å². The highest BCUT2D eigenvalue weighted by Gasteiger charge is 2.80. The van der Waals surface area contributed by atoms with Crippen LogP contribution in [0.2, 0.25) is 0 Å². The van der Waals surface area contributed by atoms with E-state index < -0.39 is 63.6 Å². The van der Waals surface area contributed by atoms with Crippen LogP contribution in [0.15, 0.2) is 12.7 Å². The molecule has 2 unspecified atom stereocenters. The van der Waals surface area contributed by atoms with E-state index in [4.69, 9.17) is 14.2 Å². The van der Waals surface area contributed by atoms with Crippen LogP contribution in [0.3, 0.4) is 0 Å². The number of hydrogen-bond acceptors (Lipinski definition) is 9. The van der Waals surface area contributed by atoms with Gasteiger partial charge in [-0.25, -0.2) is 0 Å². The van der Waals surface area contributed by atoms with Gasteiger partial charge in [0, 0.05) is 37.1 Å². The first-order chi connectivity index (χ1) is 16.4. The average molecular weight is 546 g/mol. The van der Waals surface area contributed by atoms with Gasteiger partial charge in [-0.2, -0.15) is 0 Å².